The van der Waals surface area contributed by atoms with Crippen LogP contribution in [0.3, 0.4) is 0 Å². The highest BCUT2D eigenvalue weighted by molar-refractivity contribution is 7.05. The number of aliphatic hydroxyl groups excluding tert-OH is 1. The molecule has 0 amide bonds. The van der Waals surface area contributed by atoms with Crippen molar-refractivity contribution in [2.45, 2.75) is 32.9 Å². The van der Waals surface area contributed by atoms with Crippen molar-refractivity contribution >= 4 is 11.5 Å². The lowest BCUT2D eigenvalue weighted by Gasteiger charge is -2.10. The van der Waals surface area contributed by atoms with Gasteiger partial charge in [-0.2, -0.15) is 5.10 Å². The second-order valence-corrected chi connectivity index (χ2v) is 4.20. The highest BCUT2D eigenvalue weighted by atomic mass is 32.1. The molecule has 6 heteroatoms. The molecule has 5 nitrogen and oxygen atoms in total. The number of rotatable bonds is 4. The van der Waals surface area contributed by atoms with Crippen molar-refractivity contribution in [3.05, 3.63) is 28.5 Å². The maximum atomic E-state index is 10.3. The monoisotopic (exact) mass is 238 g/mol. The molecule has 2 heterocycles. The molecule has 2 aromatic rings. The lowest BCUT2D eigenvalue weighted by atomic mass is 10.1. The smallest absolute Gasteiger partial charge is 0.133 e. The first-order valence-corrected chi connectivity index (χ1v) is 6.06. The summed E-state index contributed by atoms with van der Waals surface area (Å²) in [6, 6.07) is 1.83. The lowest BCUT2D eigenvalue weighted by molar-refractivity contribution is 0.210. The summed E-state index contributed by atoms with van der Waals surface area (Å²) in [6.07, 6.45) is 1.81. The van der Waals surface area contributed by atoms with Gasteiger partial charge in [0.1, 0.15) is 6.10 Å². The minimum atomic E-state index is -0.669. The van der Waals surface area contributed by atoms with Crippen LogP contribution < -0.4 is 0 Å². The molecule has 0 spiro atoms. The number of aryl methyl sites for hydroxylation is 2. The second-order valence-electron chi connectivity index (χ2n) is 3.41. The molecule has 1 atom stereocenters. The molecule has 0 saturated heterocycles. The van der Waals surface area contributed by atoms with Crippen LogP contribution in [0.5, 0.6) is 0 Å². The van der Waals surface area contributed by atoms with Gasteiger partial charge in [-0.15, -0.1) is 5.10 Å². The molecule has 0 bridgehead atoms. The van der Waals surface area contributed by atoms with Crippen molar-refractivity contribution in [3.63, 3.8) is 0 Å². The Bertz CT molecular complexity index is 423. The molecule has 0 fully saturated rings. The summed E-state index contributed by atoms with van der Waals surface area (Å²) < 4.78 is 5.66. The summed E-state index contributed by atoms with van der Waals surface area (Å²) in [6.45, 7) is 4.74. The van der Waals surface area contributed by atoms with Crippen LogP contribution in [-0.4, -0.2) is 24.5 Å². The first kappa shape index (κ1) is 11.2. The molecule has 0 saturated carbocycles. The average molecular weight is 238 g/mol. The van der Waals surface area contributed by atoms with Crippen molar-refractivity contribution < 1.29 is 5.11 Å². The Labute approximate surface area is 97.9 Å². The van der Waals surface area contributed by atoms with Gasteiger partial charge in [0, 0.05) is 12.7 Å². The number of hydrogen-bond donors (Lipinski definition) is 1. The van der Waals surface area contributed by atoms with Gasteiger partial charge in [-0.05, 0) is 30.9 Å². The van der Waals surface area contributed by atoms with Gasteiger partial charge in [0.2, 0.25) is 0 Å². The largest absolute Gasteiger partial charge is 0.381 e. The van der Waals surface area contributed by atoms with Crippen LogP contribution in [0.1, 0.15) is 36.2 Å². The van der Waals surface area contributed by atoms with Crippen LogP contribution in [0.4, 0.5) is 0 Å². The first-order chi connectivity index (χ1) is 7.77. The van der Waals surface area contributed by atoms with Gasteiger partial charge in [0.05, 0.1) is 16.3 Å². The van der Waals surface area contributed by atoms with Gasteiger partial charge in [0.15, 0.2) is 0 Å². The minimum absolute atomic E-state index is 0.669. The van der Waals surface area contributed by atoms with Crippen LogP contribution in [-0.2, 0) is 13.0 Å². The van der Waals surface area contributed by atoms with E-state index in [-0.39, 0.29) is 0 Å². The standard InChI is InChI=1S/C10H14N4OS/c1-3-7-10(16-13-12-7)9(15)8-5-6-11-14(8)4-2/h5-6,9,15H,3-4H2,1-2H3. The number of aromatic nitrogens is 4. The van der Waals surface area contributed by atoms with Crippen molar-refractivity contribution in [2.24, 2.45) is 0 Å². The molecule has 16 heavy (non-hydrogen) atoms. The van der Waals surface area contributed by atoms with E-state index in [1.165, 1.54) is 11.5 Å². The Morgan fingerprint density at radius 1 is 1.50 bits per heavy atom. The Hall–Kier alpha value is -1.27. The Morgan fingerprint density at radius 3 is 3.00 bits per heavy atom. The summed E-state index contributed by atoms with van der Waals surface area (Å²) in [5.41, 5.74) is 1.66. The molecule has 1 unspecified atom stereocenters. The van der Waals surface area contributed by atoms with Gasteiger partial charge >= 0.3 is 0 Å². The van der Waals surface area contributed by atoms with Gasteiger partial charge in [0.25, 0.3) is 0 Å². The molecule has 86 valence electrons. The molecule has 2 rings (SSSR count). The molecular formula is C10H14N4OS. The molecule has 0 aliphatic carbocycles. The molecule has 0 aliphatic heterocycles. The van der Waals surface area contributed by atoms with E-state index in [0.717, 1.165) is 29.2 Å². The van der Waals surface area contributed by atoms with Gasteiger partial charge in [-0.3, -0.25) is 4.68 Å². The fourth-order valence-corrected chi connectivity index (χ4v) is 2.38. The summed E-state index contributed by atoms with van der Waals surface area (Å²) in [7, 11) is 0. The van der Waals surface area contributed by atoms with E-state index in [2.05, 4.69) is 14.7 Å². The molecule has 1 N–H and O–H groups in total. The Morgan fingerprint density at radius 2 is 2.31 bits per heavy atom. The maximum absolute atomic E-state index is 10.3. The number of nitrogens with zero attached hydrogens (tertiary/aromatic N) is 4. The fraction of sp³-hybridized carbons (Fsp3) is 0.500. The van der Waals surface area contributed by atoms with Gasteiger partial charge in [-0.1, -0.05) is 11.4 Å². The molecule has 0 radical (unpaired) electrons. The van der Waals surface area contributed by atoms with E-state index in [1.54, 1.807) is 10.9 Å². The molecule has 0 aromatic carbocycles. The zero-order valence-electron chi connectivity index (χ0n) is 9.29. The van der Waals surface area contributed by atoms with E-state index < -0.39 is 6.10 Å². The third-order valence-corrected chi connectivity index (χ3v) is 3.32. The van der Waals surface area contributed by atoms with Crippen LogP contribution in [0.2, 0.25) is 0 Å². The third-order valence-electron chi connectivity index (χ3n) is 2.50. The van der Waals surface area contributed by atoms with Gasteiger partial charge < -0.3 is 5.11 Å². The van der Waals surface area contributed by atoms with E-state index in [1.807, 2.05) is 19.9 Å². The van der Waals surface area contributed by atoms with Crippen molar-refractivity contribution in [3.8, 4) is 0 Å². The fourth-order valence-electron chi connectivity index (χ4n) is 1.64. The zero-order valence-corrected chi connectivity index (χ0v) is 10.1. The van der Waals surface area contributed by atoms with E-state index in [0.29, 0.717) is 0 Å². The molecular weight excluding hydrogens is 224 g/mol. The van der Waals surface area contributed by atoms with Crippen molar-refractivity contribution in [1.82, 2.24) is 19.4 Å². The normalized spacial score (nSPS) is 12.9. The lowest BCUT2D eigenvalue weighted by Crippen LogP contribution is -2.09. The zero-order chi connectivity index (χ0) is 11.5. The van der Waals surface area contributed by atoms with Crippen molar-refractivity contribution in [2.75, 3.05) is 0 Å². The highest BCUT2D eigenvalue weighted by Crippen LogP contribution is 2.26. The minimum Gasteiger partial charge on any atom is -0.381 e. The van der Waals surface area contributed by atoms with Crippen LogP contribution in [0.25, 0.3) is 0 Å². The van der Waals surface area contributed by atoms with E-state index in [9.17, 15) is 5.11 Å². The maximum Gasteiger partial charge on any atom is 0.133 e. The topological polar surface area (TPSA) is 63.8 Å². The third kappa shape index (κ3) is 1.85. The summed E-state index contributed by atoms with van der Waals surface area (Å²) >= 11 is 1.25. The Kier molecular flexibility index (Phi) is 3.31. The van der Waals surface area contributed by atoms with Crippen molar-refractivity contribution in [1.29, 1.82) is 0 Å². The SMILES string of the molecule is CCc1nnsc1C(O)c1ccnn1CC. The van der Waals surface area contributed by atoms with Crippen LogP contribution >= 0.6 is 11.5 Å². The van der Waals surface area contributed by atoms with Gasteiger partial charge in [-0.25, -0.2) is 0 Å². The second kappa shape index (κ2) is 4.71. The van der Waals surface area contributed by atoms with E-state index >= 15 is 0 Å². The quantitative estimate of drug-likeness (QED) is 0.874. The number of aliphatic hydroxyl groups is 1. The summed E-state index contributed by atoms with van der Waals surface area (Å²) in [4.78, 5) is 0.817. The predicted molar refractivity (Wildman–Crippen MR) is 61.2 cm³/mol. The Balaban J connectivity index is 2.35. The number of hydrogen-bond acceptors (Lipinski definition) is 5. The summed E-state index contributed by atoms with van der Waals surface area (Å²) in [5, 5.41) is 18.4. The molecule has 0 aliphatic rings. The first-order valence-electron chi connectivity index (χ1n) is 5.28. The predicted octanol–water partition coefficient (Wildman–Crippen LogP) is 1.40. The highest BCUT2D eigenvalue weighted by Gasteiger charge is 2.20. The van der Waals surface area contributed by atoms with Crippen LogP contribution in [0, 0.1) is 0 Å². The van der Waals surface area contributed by atoms with E-state index in [4.69, 9.17) is 0 Å². The summed E-state index contributed by atoms with van der Waals surface area (Å²) in [5.74, 6) is 0. The van der Waals surface area contributed by atoms with Crippen LogP contribution in [0.15, 0.2) is 12.3 Å². The average Bonchev–Trinajstić information content (AvgIpc) is 2.96. The molecule has 2 aromatic heterocycles.